The maximum atomic E-state index is 10.9. The molecule has 1 aromatic rings. The highest BCUT2D eigenvalue weighted by Crippen LogP contribution is 2.05. The molecule has 17 heavy (non-hydrogen) atoms. The molecule has 2 N–H and O–H groups in total. The van der Waals surface area contributed by atoms with Gasteiger partial charge in [-0.2, -0.15) is 0 Å². The molecule has 1 aliphatic rings. The molecule has 0 aliphatic carbocycles. The molecule has 92 valence electrons. The molecule has 1 atom stereocenters. The molecule has 2 heterocycles. The molecule has 1 saturated heterocycles. The summed E-state index contributed by atoms with van der Waals surface area (Å²) in [5, 5.41) is 11.9. The van der Waals surface area contributed by atoms with Crippen LogP contribution in [-0.4, -0.2) is 51.6 Å². The van der Waals surface area contributed by atoms with Crippen molar-refractivity contribution in [2.75, 3.05) is 19.6 Å². The van der Waals surface area contributed by atoms with E-state index in [9.17, 15) is 4.79 Å². The summed E-state index contributed by atoms with van der Waals surface area (Å²) in [5.74, 6) is -0.801. The quantitative estimate of drug-likeness (QED) is 0.746. The standard InChI is InChI=1S/C11H16N4O2/c1-8-4-14-9(5-13-8)6-15-3-2-12-10(7-15)11(16)17/h4-5,10,12H,2-3,6-7H2,1H3,(H,16,17). The monoisotopic (exact) mass is 236 g/mol. The van der Waals surface area contributed by atoms with E-state index in [0.717, 1.165) is 17.9 Å². The van der Waals surface area contributed by atoms with Gasteiger partial charge in [-0.05, 0) is 6.92 Å². The van der Waals surface area contributed by atoms with Crippen molar-refractivity contribution in [1.82, 2.24) is 20.2 Å². The van der Waals surface area contributed by atoms with E-state index < -0.39 is 12.0 Å². The molecule has 1 unspecified atom stereocenters. The molecule has 0 spiro atoms. The molecule has 2 rings (SSSR count). The van der Waals surface area contributed by atoms with Gasteiger partial charge in [0, 0.05) is 38.6 Å². The third-order valence-electron chi connectivity index (χ3n) is 2.78. The van der Waals surface area contributed by atoms with E-state index >= 15 is 0 Å². The van der Waals surface area contributed by atoms with Gasteiger partial charge in [0.15, 0.2) is 0 Å². The van der Waals surface area contributed by atoms with Gasteiger partial charge in [-0.3, -0.25) is 19.7 Å². The van der Waals surface area contributed by atoms with Gasteiger partial charge >= 0.3 is 5.97 Å². The Kier molecular flexibility index (Phi) is 3.65. The Hall–Kier alpha value is -1.53. The minimum atomic E-state index is -0.801. The van der Waals surface area contributed by atoms with Crippen LogP contribution in [0.4, 0.5) is 0 Å². The second-order valence-electron chi connectivity index (χ2n) is 4.23. The molecule has 1 fully saturated rings. The highest BCUT2D eigenvalue weighted by Gasteiger charge is 2.24. The zero-order chi connectivity index (χ0) is 12.3. The highest BCUT2D eigenvalue weighted by atomic mass is 16.4. The number of piperazine rings is 1. The molecule has 6 heteroatoms. The number of aliphatic carboxylic acids is 1. The Morgan fingerprint density at radius 1 is 1.59 bits per heavy atom. The first-order valence-electron chi connectivity index (χ1n) is 5.61. The van der Waals surface area contributed by atoms with E-state index in [1.807, 2.05) is 6.92 Å². The number of carbonyl (C=O) groups is 1. The molecule has 0 radical (unpaired) electrons. The molecule has 1 aromatic heterocycles. The van der Waals surface area contributed by atoms with Gasteiger partial charge in [0.25, 0.3) is 0 Å². The summed E-state index contributed by atoms with van der Waals surface area (Å²) in [6.45, 7) is 4.57. The van der Waals surface area contributed by atoms with Crippen LogP contribution in [0.15, 0.2) is 12.4 Å². The summed E-state index contributed by atoms with van der Waals surface area (Å²) in [7, 11) is 0. The second kappa shape index (κ2) is 5.20. The summed E-state index contributed by atoms with van der Waals surface area (Å²) in [5.41, 5.74) is 1.76. The number of rotatable bonds is 3. The number of nitrogens with one attached hydrogen (secondary N) is 1. The van der Waals surface area contributed by atoms with Crippen LogP contribution in [0.3, 0.4) is 0 Å². The Balaban J connectivity index is 1.94. The van der Waals surface area contributed by atoms with Crippen LogP contribution in [0, 0.1) is 6.92 Å². The van der Waals surface area contributed by atoms with Crippen molar-refractivity contribution in [2.45, 2.75) is 19.5 Å². The zero-order valence-corrected chi connectivity index (χ0v) is 9.76. The predicted octanol–water partition coefficient (Wildman–Crippen LogP) is -0.357. The lowest BCUT2D eigenvalue weighted by atomic mass is 10.2. The first-order chi connectivity index (χ1) is 8.15. The van der Waals surface area contributed by atoms with Crippen LogP contribution in [0.1, 0.15) is 11.4 Å². The summed E-state index contributed by atoms with van der Waals surface area (Å²) in [4.78, 5) is 21.4. The summed E-state index contributed by atoms with van der Waals surface area (Å²) >= 11 is 0. The Bertz CT molecular complexity index is 393. The first kappa shape index (κ1) is 11.9. The fourth-order valence-corrected chi connectivity index (χ4v) is 1.85. The van der Waals surface area contributed by atoms with E-state index in [1.165, 1.54) is 0 Å². The maximum Gasteiger partial charge on any atom is 0.322 e. The number of nitrogens with zero attached hydrogens (tertiary/aromatic N) is 3. The summed E-state index contributed by atoms with van der Waals surface area (Å²) < 4.78 is 0. The van der Waals surface area contributed by atoms with Crippen LogP contribution >= 0.6 is 0 Å². The van der Waals surface area contributed by atoms with Crippen molar-refractivity contribution < 1.29 is 9.90 Å². The van der Waals surface area contributed by atoms with E-state index in [-0.39, 0.29) is 0 Å². The summed E-state index contributed by atoms with van der Waals surface area (Å²) in [6, 6.07) is -0.484. The van der Waals surface area contributed by atoms with E-state index in [2.05, 4.69) is 20.2 Å². The second-order valence-corrected chi connectivity index (χ2v) is 4.23. The molecular formula is C11H16N4O2. The van der Waals surface area contributed by atoms with E-state index in [1.54, 1.807) is 12.4 Å². The Labute approximate surface area is 99.7 Å². The van der Waals surface area contributed by atoms with Crippen molar-refractivity contribution in [2.24, 2.45) is 0 Å². The van der Waals surface area contributed by atoms with Crippen molar-refractivity contribution in [3.63, 3.8) is 0 Å². The zero-order valence-electron chi connectivity index (χ0n) is 9.76. The number of aryl methyl sites for hydroxylation is 1. The molecule has 0 amide bonds. The van der Waals surface area contributed by atoms with Crippen molar-refractivity contribution in [1.29, 1.82) is 0 Å². The number of carboxylic acids is 1. The minimum Gasteiger partial charge on any atom is -0.480 e. The SMILES string of the molecule is Cc1cnc(CN2CCNC(C(=O)O)C2)cn1. The number of hydrogen-bond donors (Lipinski definition) is 2. The normalized spacial score (nSPS) is 21.4. The topological polar surface area (TPSA) is 78.4 Å². The Morgan fingerprint density at radius 3 is 3.06 bits per heavy atom. The van der Waals surface area contributed by atoms with Crippen LogP contribution in [0.5, 0.6) is 0 Å². The van der Waals surface area contributed by atoms with E-state index in [4.69, 9.17) is 5.11 Å². The number of aromatic nitrogens is 2. The van der Waals surface area contributed by atoms with Gasteiger partial charge in [0.05, 0.1) is 11.4 Å². The van der Waals surface area contributed by atoms with E-state index in [0.29, 0.717) is 19.6 Å². The van der Waals surface area contributed by atoms with Crippen molar-refractivity contribution >= 4 is 5.97 Å². The molecule has 6 nitrogen and oxygen atoms in total. The first-order valence-corrected chi connectivity index (χ1v) is 5.61. The van der Waals surface area contributed by atoms with Gasteiger partial charge in [0.2, 0.25) is 0 Å². The number of hydrogen-bond acceptors (Lipinski definition) is 5. The lowest BCUT2D eigenvalue weighted by Gasteiger charge is -2.31. The van der Waals surface area contributed by atoms with Gasteiger partial charge in [-0.1, -0.05) is 0 Å². The fourth-order valence-electron chi connectivity index (χ4n) is 1.85. The minimum absolute atomic E-state index is 0.484. The van der Waals surface area contributed by atoms with Crippen molar-refractivity contribution in [3.05, 3.63) is 23.8 Å². The molecule has 0 bridgehead atoms. The number of carboxylic acid groups (broad SMARTS) is 1. The largest absolute Gasteiger partial charge is 0.480 e. The lowest BCUT2D eigenvalue weighted by molar-refractivity contribution is -0.140. The third kappa shape index (κ3) is 3.21. The van der Waals surface area contributed by atoms with Crippen LogP contribution in [-0.2, 0) is 11.3 Å². The highest BCUT2D eigenvalue weighted by molar-refractivity contribution is 5.73. The third-order valence-corrected chi connectivity index (χ3v) is 2.78. The van der Waals surface area contributed by atoms with Gasteiger partial charge in [0.1, 0.15) is 6.04 Å². The average molecular weight is 236 g/mol. The van der Waals surface area contributed by atoms with Crippen LogP contribution in [0.25, 0.3) is 0 Å². The molecule has 0 saturated carbocycles. The van der Waals surface area contributed by atoms with Crippen LogP contribution in [0.2, 0.25) is 0 Å². The summed E-state index contributed by atoms with van der Waals surface area (Å²) in [6.07, 6.45) is 3.47. The Morgan fingerprint density at radius 2 is 2.41 bits per heavy atom. The molecule has 0 aromatic carbocycles. The van der Waals surface area contributed by atoms with Crippen LogP contribution < -0.4 is 5.32 Å². The molecule has 1 aliphatic heterocycles. The van der Waals surface area contributed by atoms with Crippen molar-refractivity contribution in [3.8, 4) is 0 Å². The average Bonchev–Trinajstić information content (AvgIpc) is 2.32. The fraction of sp³-hybridized carbons (Fsp3) is 0.545. The van der Waals surface area contributed by atoms with Gasteiger partial charge in [-0.15, -0.1) is 0 Å². The van der Waals surface area contributed by atoms with Gasteiger partial charge in [-0.25, -0.2) is 0 Å². The molecular weight excluding hydrogens is 220 g/mol. The smallest absolute Gasteiger partial charge is 0.322 e. The predicted molar refractivity (Wildman–Crippen MR) is 61.5 cm³/mol. The van der Waals surface area contributed by atoms with Gasteiger partial charge < -0.3 is 10.4 Å². The lowest BCUT2D eigenvalue weighted by Crippen LogP contribution is -2.53. The maximum absolute atomic E-state index is 10.9.